The van der Waals surface area contributed by atoms with Gasteiger partial charge < -0.3 is 19.7 Å². The topological polar surface area (TPSA) is 140 Å². The number of hydrogen-bond acceptors (Lipinski definition) is 8. The number of rotatable bonds is 5. The van der Waals surface area contributed by atoms with E-state index < -0.39 is 46.8 Å². The standard InChI is InChI=1S/C13H11F3N2O3.C7H7F3N2O2.C6H5BrO/c1-2-21-12(20)8-7-18(17-11(8)13(14,15)16)9-5-3-4-6-10(9)19;1-2-14-6(13)4-3-11-12-5(4)7(8,9)10;7-5-3-1-2-4-6(5)8/h3-7,19H,2H2,1H3;3H,2H2,1H3,(H,11,12);1-4,8H. The molecular weight excluding hydrogens is 658 g/mol. The number of benzene rings is 2. The van der Waals surface area contributed by atoms with Gasteiger partial charge in [-0.3, -0.25) is 5.10 Å². The van der Waals surface area contributed by atoms with Gasteiger partial charge in [-0.15, -0.1) is 0 Å². The molecule has 0 radical (unpaired) electrons. The van der Waals surface area contributed by atoms with Crippen molar-refractivity contribution < 1.29 is 55.6 Å². The number of phenolic OH excluding ortho intramolecular Hbond substituents is 2. The van der Waals surface area contributed by atoms with Gasteiger partial charge in [0, 0.05) is 6.20 Å². The van der Waals surface area contributed by atoms with Crippen LogP contribution >= 0.6 is 15.9 Å². The molecule has 0 atom stereocenters. The first kappa shape index (κ1) is 34.7. The molecule has 10 nitrogen and oxygen atoms in total. The quantitative estimate of drug-likeness (QED) is 0.160. The van der Waals surface area contributed by atoms with Crippen molar-refractivity contribution in [2.24, 2.45) is 0 Å². The highest BCUT2D eigenvalue weighted by Gasteiger charge is 2.40. The zero-order valence-electron chi connectivity index (χ0n) is 22.2. The Labute approximate surface area is 248 Å². The summed E-state index contributed by atoms with van der Waals surface area (Å²) >= 11 is 3.15. The van der Waals surface area contributed by atoms with Crippen LogP contribution in [0.4, 0.5) is 26.3 Å². The summed E-state index contributed by atoms with van der Waals surface area (Å²) in [5.41, 5.74) is -3.81. The second-order valence-corrected chi connectivity index (χ2v) is 8.73. The first-order valence-electron chi connectivity index (χ1n) is 11.9. The molecule has 2 aromatic heterocycles. The van der Waals surface area contributed by atoms with Gasteiger partial charge in [0.05, 0.1) is 23.9 Å². The van der Waals surface area contributed by atoms with Crippen LogP contribution in [0.1, 0.15) is 46.0 Å². The molecule has 0 saturated heterocycles. The molecule has 0 saturated carbocycles. The smallest absolute Gasteiger partial charge is 0.436 e. The minimum absolute atomic E-state index is 0.0152. The number of aromatic hydroxyl groups is 2. The summed E-state index contributed by atoms with van der Waals surface area (Å²) in [7, 11) is 0. The van der Waals surface area contributed by atoms with Crippen molar-refractivity contribution in [3.63, 3.8) is 0 Å². The van der Waals surface area contributed by atoms with Crippen molar-refractivity contribution >= 4 is 27.9 Å². The molecule has 43 heavy (non-hydrogen) atoms. The zero-order valence-corrected chi connectivity index (χ0v) is 23.8. The van der Waals surface area contributed by atoms with Crippen molar-refractivity contribution in [2.75, 3.05) is 13.2 Å². The van der Waals surface area contributed by atoms with Crippen LogP contribution in [0.2, 0.25) is 0 Å². The van der Waals surface area contributed by atoms with E-state index >= 15 is 0 Å². The van der Waals surface area contributed by atoms with E-state index in [0.717, 1.165) is 21.5 Å². The van der Waals surface area contributed by atoms with Crippen LogP contribution in [-0.2, 0) is 21.8 Å². The van der Waals surface area contributed by atoms with Gasteiger partial charge >= 0.3 is 24.3 Å². The molecule has 0 aliphatic heterocycles. The number of aromatic nitrogens is 4. The van der Waals surface area contributed by atoms with Gasteiger partial charge in [0.15, 0.2) is 11.4 Å². The molecule has 0 unspecified atom stereocenters. The first-order valence-corrected chi connectivity index (χ1v) is 12.7. The van der Waals surface area contributed by atoms with Gasteiger partial charge in [0.1, 0.15) is 28.3 Å². The highest BCUT2D eigenvalue weighted by atomic mass is 79.9. The number of H-pyrrole nitrogens is 1. The molecule has 232 valence electrons. The van der Waals surface area contributed by atoms with E-state index in [2.05, 4.69) is 35.6 Å². The van der Waals surface area contributed by atoms with E-state index in [-0.39, 0.29) is 30.4 Å². The Morgan fingerprint density at radius 2 is 1.40 bits per heavy atom. The maximum atomic E-state index is 12.9. The Bertz CT molecular complexity index is 1500. The van der Waals surface area contributed by atoms with E-state index in [9.17, 15) is 41.0 Å². The summed E-state index contributed by atoms with van der Waals surface area (Å²) in [5, 5.41) is 26.7. The lowest BCUT2D eigenvalue weighted by Gasteiger charge is -2.05. The average molecular weight is 681 g/mol. The fourth-order valence-electron chi connectivity index (χ4n) is 3.04. The first-order chi connectivity index (χ1) is 20.1. The van der Waals surface area contributed by atoms with Crippen LogP contribution in [0.25, 0.3) is 5.69 Å². The van der Waals surface area contributed by atoms with Crippen LogP contribution < -0.4 is 0 Å². The molecule has 2 heterocycles. The summed E-state index contributed by atoms with van der Waals surface area (Å²) < 4.78 is 86.0. The largest absolute Gasteiger partial charge is 0.507 e. The number of ether oxygens (including phenoxy) is 2. The fourth-order valence-corrected chi connectivity index (χ4v) is 3.33. The third-order valence-electron chi connectivity index (χ3n) is 4.88. The van der Waals surface area contributed by atoms with Gasteiger partial charge in [-0.1, -0.05) is 24.3 Å². The number of halogens is 7. The minimum atomic E-state index is -4.81. The number of carbonyl (C=O) groups excluding carboxylic acids is 2. The van der Waals surface area contributed by atoms with Crippen molar-refractivity contribution in [1.29, 1.82) is 0 Å². The number of alkyl halides is 6. The van der Waals surface area contributed by atoms with Gasteiger partial charge in [-0.25, -0.2) is 14.3 Å². The lowest BCUT2D eigenvalue weighted by molar-refractivity contribution is -0.142. The molecule has 3 N–H and O–H groups in total. The van der Waals surface area contributed by atoms with E-state index in [1.54, 1.807) is 23.3 Å². The van der Waals surface area contributed by atoms with Crippen LogP contribution in [0, 0.1) is 0 Å². The molecule has 17 heteroatoms. The Balaban J connectivity index is 0.000000251. The zero-order chi connectivity index (χ0) is 32.4. The average Bonchev–Trinajstić information content (AvgIpc) is 3.60. The number of aromatic amines is 1. The Hall–Kier alpha value is -4.54. The predicted octanol–water partition coefficient (Wildman–Crippen LogP) is 6.53. The minimum Gasteiger partial charge on any atom is -0.507 e. The van der Waals surface area contributed by atoms with Crippen molar-refractivity contribution in [3.05, 3.63) is 87.9 Å². The van der Waals surface area contributed by atoms with E-state index in [4.69, 9.17) is 5.11 Å². The molecule has 2 aromatic carbocycles. The van der Waals surface area contributed by atoms with Crippen molar-refractivity contribution in [3.8, 4) is 17.2 Å². The third-order valence-corrected chi connectivity index (χ3v) is 5.55. The maximum absolute atomic E-state index is 12.9. The molecule has 0 aliphatic rings. The van der Waals surface area contributed by atoms with E-state index in [1.807, 2.05) is 6.07 Å². The number of esters is 2. The monoisotopic (exact) mass is 680 g/mol. The highest BCUT2D eigenvalue weighted by molar-refractivity contribution is 9.10. The van der Waals surface area contributed by atoms with E-state index in [0.29, 0.717) is 0 Å². The molecule has 0 aliphatic carbocycles. The summed E-state index contributed by atoms with van der Waals surface area (Å²) in [6.45, 7) is 2.95. The van der Waals surface area contributed by atoms with Gasteiger partial charge in [0.2, 0.25) is 0 Å². The fraction of sp³-hybridized carbons (Fsp3) is 0.231. The Morgan fingerprint density at radius 1 is 0.860 bits per heavy atom. The SMILES string of the molecule is CCOC(=O)c1cn(-c2ccccc2O)nc1C(F)(F)F.CCOC(=O)c1cn[nH]c1C(F)(F)F.Oc1ccccc1Br. The molecule has 0 spiro atoms. The molecule has 4 rings (SSSR count). The van der Waals surface area contributed by atoms with Gasteiger partial charge in [-0.05, 0) is 54.0 Å². The number of nitrogens with one attached hydrogen (secondary N) is 1. The molecule has 0 fully saturated rings. The van der Waals surface area contributed by atoms with Gasteiger partial charge in [0.25, 0.3) is 0 Å². The van der Waals surface area contributed by atoms with Crippen LogP contribution in [0.3, 0.4) is 0 Å². The van der Waals surface area contributed by atoms with Gasteiger partial charge in [-0.2, -0.15) is 36.5 Å². The predicted molar refractivity (Wildman–Crippen MR) is 142 cm³/mol. The summed E-state index contributed by atoms with van der Waals surface area (Å²) in [5.74, 6) is -2.13. The van der Waals surface area contributed by atoms with Crippen LogP contribution in [-0.4, -0.2) is 55.3 Å². The van der Waals surface area contributed by atoms with Crippen LogP contribution in [0.5, 0.6) is 11.5 Å². The summed E-state index contributed by atoms with van der Waals surface area (Å²) in [4.78, 5) is 22.6. The number of nitrogens with zero attached hydrogens (tertiary/aromatic N) is 3. The molecular formula is C26H23BrF6N4O6. The Kier molecular flexibility index (Phi) is 12.2. The third kappa shape index (κ3) is 9.76. The van der Waals surface area contributed by atoms with Crippen LogP contribution in [0.15, 0.2) is 65.4 Å². The second-order valence-electron chi connectivity index (χ2n) is 7.87. The summed E-state index contributed by atoms with van der Waals surface area (Å²) in [6, 6.07) is 12.8. The summed E-state index contributed by atoms with van der Waals surface area (Å²) in [6.07, 6.45) is -7.76. The number of carbonyl (C=O) groups is 2. The number of para-hydroxylation sites is 3. The molecule has 0 bridgehead atoms. The van der Waals surface area contributed by atoms with E-state index in [1.165, 1.54) is 38.1 Å². The lowest BCUT2D eigenvalue weighted by Crippen LogP contribution is -2.14. The highest BCUT2D eigenvalue weighted by Crippen LogP contribution is 2.33. The van der Waals surface area contributed by atoms with Crippen molar-refractivity contribution in [1.82, 2.24) is 20.0 Å². The maximum Gasteiger partial charge on any atom is 0.436 e. The number of phenols is 2. The normalized spacial score (nSPS) is 11.0. The molecule has 4 aromatic rings. The lowest BCUT2D eigenvalue weighted by atomic mass is 10.2. The number of hydrogen-bond donors (Lipinski definition) is 3. The van der Waals surface area contributed by atoms with Crippen molar-refractivity contribution in [2.45, 2.75) is 26.2 Å². The molecule has 0 amide bonds. The second kappa shape index (κ2) is 15.1. The Morgan fingerprint density at radius 3 is 1.86 bits per heavy atom.